The molecule has 4 heteroatoms. The minimum absolute atomic E-state index is 0.0741. The van der Waals surface area contributed by atoms with E-state index in [-0.39, 0.29) is 11.8 Å². The van der Waals surface area contributed by atoms with Crippen molar-refractivity contribution in [3.05, 3.63) is 0 Å². The predicted molar refractivity (Wildman–Crippen MR) is 67.5 cm³/mol. The van der Waals surface area contributed by atoms with Crippen LogP contribution in [0.1, 0.15) is 33.6 Å². The molecule has 0 aromatic rings. The van der Waals surface area contributed by atoms with Gasteiger partial charge in [0.15, 0.2) is 0 Å². The van der Waals surface area contributed by atoms with Crippen LogP contribution in [0.4, 0.5) is 0 Å². The molecule has 1 rings (SSSR count). The zero-order valence-electron chi connectivity index (χ0n) is 11.6. The minimum Gasteiger partial charge on any atom is -0.346 e. The third kappa shape index (κ3) is 3.20. The van der Waals surface area contributed by atoms with E-state index in [1.807, 2.05) is 14.0 Å². The summed E-state index contributed by atoms with van der Waals surface area (Å²) in [6, 6.07) is 0. The van der Waals surface area contributed by atoms with Crippen molar-refractivity contribution in [3.8, 4) is 0 Å². The number of carbonyl (C=O) groups excluding carboxylic acids is 2. The second-order valence-electron chi connectivity index (χ2n) is 5.88. The monoisotopic (exact) mass is 240 g/mol. The molecule has 0 aromatic carbocycles. The van der Waals surface area contributed by atoms with Crippen molar-refractivity contribution in [2.75, 3.05) is 27.2 Å². The lowest BCUT2D eigenvalue weighted by atomic mass is 9.78. The Bertz CT molecular complexity index is 315. The van der Waals surface area contributed by atoms with Crippen LogP contribution in [0.25, 0.3) is 0 Å². The highest BCUT2D eigenvalue weighted by molar-refractivity contribution is 5.89. The standard InChI is InChI=1S/C13H24N2O2/c1-10(2)9-15(5)12(17)13(3)6-7-14(4)11(16)8-13/h10H,6-9H2,1-5H3. The van der Waals surface area contributed by atoms with E-state index < -0.39 is 5.41 Å². The third-order valence-corrected chi connectivity index (χ3v) is 3.47. The van der Waals surface area contributed by atoms with Crippen LogP contribution >= 0.6 is 0 Å². The van der Waals surface area contributed by atoms with Crippen LogP contribution in [-0.4, -0.2) is 48.8 Å². The normalized spacial score (nSPS) is 25.3. The average Bonchev–Trinajstić information content (AvgIpc) is 2.22. The molecule has 1 unspecified atom stereocenters. The van der Waals surface area contributed by atoms with Crippen molar-refractivity contribution in [3.63, 3.8) is 0 Å². The van der Waals surface area contributed by atoms with Gasteiger partial charge in [-0.25, -0.2) is 0 Å². The summed E-state index contributed by atoms with van der Waals surface area (Å²) in [6.07, 6.45) is 1.10. The van der Waals surface area contributed by atoms with Crippen LogP contribution in [0, 0.1) is 11.3 Å². The fourth-order valence-corrected chi connectivity index (χ4v) is 2.37. The number of rotatable bonds is 3. The Hall–Kier alpha value is -1.06. The number of carbonyl (C=O) groups is 2. The first-order valence-corrected chi connectivity index (χ1v) is 6.26. The van der Waals surface area contributed by atoms with Crippen molar-refractivity contribution in [1.29, 1.82) is 0 Å². The molecule has 1 saturated heterocycles. The van der Waals surface area contributed by atoms with Crippen LogP contribution in [0.2, 0.25) is 0 Å². The fourth-order valence-electron chi connectivity index (χ4n) is 2.37. The highest BCUT2D eigenvalue weighted by Gasteiger charge is 2.41. The van der Waals surface area contributed by atoms with Gasteiger partial charge in [-0.1, -0.05) is 20.8 Å². The summed E-state index contributed by atoms with van der Waals surface area (Å²) in [5.74, 6) is 0.632. The number of nitrogens with zero attached hydrogens (tertiary/aromatic N) is 2. The molecule has 1 aliphatic heterocycles. The number of likely N-dealkylation sites (tertiary alicyclic amines) is 1. The average molecular weight is 240 g/mol. The lowest BCUT2D eigenvalue weighted by Gasteiger charge is -2.38. The maximum absolute atomic E-state index is 12.4. The van der Waals surface area contributed by atoms with Crippen molar-refractivity contribution in [2.45, 2.75) is 33.6 Å². The lowest BCUT2D eigenvalue weighted by Crippen LogP contribution is -2.49. The van der Waals surface area contributed by atoms with E-state index in [2.05, 4.69) is 13.8 Å². The minimum atomic E-state index is -0.507. The summed E-state index contributed by atoms with van der Waals surface area (Å²) in [6.45, 7) is 7.52. The molecule has 98 valence electrons. The van der Waals surface area contributed by atoms with Crippen LogP contribution in [0.3, 0.4) is 0 Å². The Morgan fingerprint density at radius 2 is 2.12 bits per heavy atom. The fraction of sp³-hybridized carbons (Fsp3) is 0.846. The third-order valence-electron chi connectivity index (χ3n) is 3.47. The van der Waals surface area contributed by atoms with Gasteiger partial charge in [0.1, 0.15) is 0 Å². The van der Waals surface area contributed by atoms with E-state index >= 15 is 0 Å². The quantitative estimate of drug-likeness (QED) is 0.747. The lowest BCUT2D eigenvalue weighted by molar-refractivity contribution is -0.150. The zero-order chi connectivity index (χ0) is 13.2. The van der Waals surface area contributed by atoms with Crippen molar-refractivity contribution in [2.24, 2.45) is 11.3 Å². The Labute approximate surface area is 104 Å². The van der Waals surface area contributed by atoms with Gasteiger partial charge in [0, 0.05) is 33.6 Å². The second kappa shape index (κ2) is 5.07. The van der Waals surface area contributed by atoms with E-state index in [4.69, 9.17) is 0 Å². The number of piperidine rings is 1. The van der Waals surface area contributed by atoms with Gasteiger partial charge in [-0.2, -0.15) is 0 Å². The Kier molecular flexibility index (Phi) is 4.17. The molecule has 1 aliphatic rings. The van der Waals surface area contributed by atoms with Crippen LogP contribution in [0.15, 0.2) is 0 Å². The molecule has 4 nitrogen and oxygen atoms in total. The van der Waals surface area contributed by atoms with Gasteiger partial charge in [-0.3, -0.25) is 9.59 Å². The molecule has 1 fully saturated rings. The van der Waals surface area contributed by atoms with Gasteiger partial charge in [0.25, 0.3) is 0 Å². The van der Waals surface area contributed by atoms with E-state index in [0.717, 1.165) is 13.0 Å². The van der Waals surface area contributed by atoms with Gasteiger partial charge in [-0.15, -0.1) is 0 Å². The van der Waals surface area contributed by atoms with Crippen molar-refractivity contribution >= 4 is 11.8 Å². The topological polar surface area (TPSA) is 40.6 Å². The molecule has 1 atom stereocenters. The Morgan fingerprint density at radius 3 is 2.59 bits per heavy atom. The molecule has 0 saturated carbocycles. The van der Waals surface area contributed by atoms with Crippen molar-refractivity contribution in [1.82, 2.24) is 9.80 Å². The summed E-state index contributed by atoms with van der Waals surface area (Å²) >= 11 is 0. The maximum Gasteiger partial charge on any atom is 0.228 e. The summed E-state index contributed by atoms with van der Waals surface area (Å²) in [7, 11) is 3.63. The van der Waals surface area contributed by atoms with Crippen molar-refractivity contribution < 1.29 is 9.59 Å². The van der Waals surface area contributed by atoms with E-state index in [1.165, 1.54) is 0 Å². The summed E-state index contributed by atoms with van der Waals surface area (Å²) in [5.41, 5.74) is -0.507. The molecule has 0 radical (unpaired) electrons. The summed E-state index contributed by atoms with van der Waals surface area (Å²) in [4.78, 5) is 27.5. The molecule has 1 heterocycles. The molecular weight excluding hydrogens is 216 g/mol. The molecule has 2 amide bonds. The Morgan fingerprint density at radius 1 is 1.53 bits per heavy atom. The predicted octanol–water partition coefficient (Wildman–Crippen LogP) is 1.36. The molecule has 0 aromatic heterocycles. The molecule has 0 aliphatic carbocycles. The SMILES string of the molecule is CC(C)CN(C)C(=O)C1(C)CCN(C)C(=O)C1. The first kappa shape index (κ1) is 14.0. The molecule has 0 spiro atoms. The maximum atomic E-state index is 12.4. The first-order chi connectivity index (χ1) is 7.76. The highest BCUT2D eigenvalue weighted by Crippen LogP contribution is 2.33. The van der Waals surface area contributed by atoms with Gasteiger partial charge in [0.2, 0.25) is 11.8 Å². The van der Waals surface area contributed by atoms with Crippen LogP contribution in [-0.2, 0) is 9.59 Å². The molecular formula is C13H24N2O2. The van der Waals surface area contributed by atoms with E-state index in [9.17, 15) is 9.59 Å². The second-order valence-corrected chi connectivity index (χ2v) is 5.88. The largest absolute Gasteiger partial charge is 0.346 e. The number of hydrogen-bond donors (Lipinski definition) is 0. The summed E-state index contributed by atoms with van der Waals surface area (Å²) in [5, 5.41) is 0. The molecule has 0 bridgehead atoms. The van der Waals surface area contributed by atoms with Gasteiger partial charge in [0.05, 0.1) is 5.41 Å². The highest BCUT2D eigenvalue weighted by atomic mass is 16.2. The Balaban J connectivity index is 2.70. The number of amides is 2. The van der Waals surface area contributed by atoms with Gasteiger partial charge < -0.3 is 9.80 Å². The first-order valence-electron chi connectivity index (χ1n) is 6.26. The number of hydrogen-bond acceptors (Lipinski definition) is 2. The molecule has 0 N–H and O–H groups in total. The van der Waals surface area contributed by atoms with E-state index in [0.29, 0.717) is 18.9 Å². The van der Waals surface area contributed by atoms with E-state index in [1.54, 1.807) is 16.8 Å². The van der Waals surface area contributed by atoms with Crippen LogP contribution < -0.4 is 0 Å². The van der Waals surface area contributed by atoms with Crippen LogP contribution in [0.5, 0.6) is 0 Å². The summed E-state index contributed by atoms with van der Waals surface area (Å²) < 4.78 is 0. The molecule has 17 heavy (non-hydrogen) atoms. The zero-order valence-corrected chi connectivity index (χ0v) is 11.6. The van der Waals surface area contributed by atoms with Gasteiger partial charge >= 0.3 is 0 Å². The van der Waals surface area contributed by atoms with Gasteiger partial charge in [-0.05, 0) is 12.3 Å². The smallest absolute Gasteiger partial charge is 0.228 e.